The average Bonchev–Trinajstić information content (AvgIpc) is 3.19. The predicted octanol–water partition coefficient (Wildman–Crippen LogP) is 2.91. The number of nitrogens with zero attached hydrogens (tertiary/aromatic N) is 5. The standard InChI is InChI=1S/C20H23N5O3S/c1-27-16-8-6-14(12-17(16)28-2)15-7-9-18-21-22-20(25(18)23-15)29-13-19(26)24-10-4-3-5-11-24/h6-9,12H,3-5,10-11,13H2,1-2H3. The molecule has 9 heteroatoms. The van der Waals surface area contributed by atoms with Crippen LogP contribution in [-0.2, 0) is 4.79 Å². The Bertz CT molecular complexity index is 1020. The minimum absolute atomic E-state index is 0.141. The van der Waals surface area contributed by atoms with Gasteiger partial charge < -0.3 is 14.4 Å². The molecule has 4 rings (SSSR count). The smallest absolute Gasteiger partial charge is 0.233 e. The van der Waals surface area contributed by atoms with Crippen molar-refractivity contribution in [3.63, 3.8) is 0 Å². The van der Waals surface area contributed by atoms with Gasteiger partial charge in [-0.05, 0) is 49.6 Å². The Morgan fingerprint density at radius 3 is 2.59 bits per heavy atom. The van der Waals surface area contributed by atoms with Crippen molar-refractivity contribution in [1.82, 2.24) is 24.7 Å². The molecule has 152 valence electrons. The number of ether oxygens (including phenoxy) is 2. The highest BCUT2D eigenvalue weighted by atomic mass is 32.2. The number of hydrogen-bond acceptors (Lipinski definition) is 7. The normalized spacial score (nSPS) is 14.2. The number of methoxy groups -OCH3 is 2. The van der Waals surface area contributed by atoms with E-state index in [-0.39, 0.29) is 5.91 Å². The fourth-order valence-electron chi connectivity index (χ4n) is 3.37. The minimum Gasteiger partial charge on any atom is -0.493 e. The summed E-state index contributed by atoms with van der Waals surface area (Å²) in [6.45, 7) is 1.70. The number of fused-ring (bicyclic) bond motifs is 1. The first-order chi connectivity index (χ1) is 14.2. The molecule has 3 heterocycles. The van der Waals surface area contributed by atoms with E-state index in [1.54, 1.807) is 18.7 Å². The summed E-state index contributed by atoms with van der Waals surface area (Å²) in [5, 5.41) is 13.7. The number of thioether (sulfide) groups is 1. The lowest BCUT2D eigenvalue weighted by molar-refractivity contribution is -0.129. The lowest BCUT2D eigenvalue weighted by Gasteiger charge is -2.26. The molecule has 0 saturated carbocycles. The van der Waals surface area contributed by atoms with Gasteiger partial charge in [0.05, 0.1) is 25.7 Å². The summed E-state index contributed by atoms with van der Waals surface area (Å²) in [5.41, 5.74) is 2.28. The lowest BCUT2D eigenvalue weighted by Crippen LogP contribution is -2.36. The van der Waals surface area contributed by atoms with Gasteiger partial charge in [-0.3, -0.25) is 4.79 Å². The van der Waals surface area contributed by atoms with Crippen LogP contribution in [0, 0.1) is 0 Å². The molecule has 29 heavy (non-hydrogen) atoms. The Kier molecular flexibility index (Phi) is 5.84. The number of carbonyl (C=O) groups excluding carboxylic acids is 1. The van der Waals surface area contributed by atoms with Crippen molar-refractivity contribution < 1.29 is 14.3 Å². The third kappa shape index (κ3) is 4.14. The molecule has 1 saturated heterocycles. The number of amides is 1. The zero-order valence-corrected chi connectivity index (χ0v) is 17.3. The Hall–Kier alpha value is -2.81. The van der Waals surface area contributed by atoms with Crippen LogP contribution in [0.5, 0.6) is 11.5 Å². The molecular formula is C20H23N5O3S. The van der Waals surface area contributed by atoms with Crippen molar-refractivity contribution in [3.8, 4) is 22.8 Å². The Balaban J connectivity index is 1.55. The molecule has 0 radical (unpaired) electrons. The molecule has 1 aliphatic heterocycles. The molecule has 1 amide bonds. The Labute approximate surface area is 173 Å². The third-order valence-electron chi connectivity index (χ3n) is 4.95. The maximum absolute atomic E-state index is 12.5. The average molecular weight is 414 g/mol. The molecular weight excluding hydrogens is 390 g/mol. The molecule has 2 aromatic heterocycles. The molecule has 0 N–H and O–H groups in total. The molecule has 0 unspecified atom stereocenters. The SMILES string of the molecule is COc1ccc(-c2ccc3nnc(SCC(=O)N4CCCCC4)n3n2)cc1OC. The van der Waals surface area contributed by atoms with Crippen molar-refractivity contribution >= 4 is 23.3 Å². The zero-order chi connectivity index (χ0) is 20.2. The van der Waals surface area contributed by atoms with Gasteiger partial charge in [0.1, 0.15) is 0 Å². The molecule has 8 nitrogen and oxygen atoms in total. The quantitative estimate of drug-likeness (QED) is 0.575. The minimum atomic E-state index is 0.141. The highest BCUT2D eigenvalue weighted by Crippen LogP contribution is 2.31. The van der Waals surface area contributed by atoms with Crippen molar-refractivity contribution in [2.75, 3.05) is 33.1 Å². The van der Waals surface area contributed by atoms with Crippen LogP contribution in [0.4, 0.5) is 0 Å². The summed E-state index contributed by atoms with van der Waals surface area (Å²) in [6.07, 6.45) is 3.37. The maximum Gasteiger partial charge on any atom is 0.233 e. The number of hydrogen-bond donors (Lipinski definition) is 0. The molecule has 0 bridgehead atoms. The van der Waals surface area contributed by atoms with Gasteiger partial charge in [-0.1, -0.05) is 11.8 Å². The van der Waals surface area contributed by atoms with E-state index in [0.717, 1.165) is 37.2 Å². The second-order valence-corrected chi connectivity index (χ2v) is 7.71. The fourth-order valence-corrected chi connectivity index (χ4v) is 4.16. The fraction of sp³-hybridized carbons (Fsp3) is 0.400. The van der Waals surface area contributed by atoms with E-state index in [9.17, 15) is 4.79 Å². The molecule has 0 atom stereocenters. The predicted molar refractivity (Wildman–Crippen MR) is 110 cm³/mol. The number of piperidine rings is 1. The van der Waals surface area contributed by atoms with Gasteiger partial charge in [0, 0.05) is 18.7 Å². The van der Waals surface area contributed by atoms with Gasteiger partial charge >= 0.3 is 0 Å². The van der Waals surface area contributed by atoms with Crippen LogP contribution < -0.4 is 9.47 Å². The van der Waals surface area contributed by atoms with E-state index in [0.29, 0.717) is 28.1 Å². The first-order valence-electron chi connectivity index (χ1n) is 9.55. The van der Waals surface area contributed by atoms with Crippen LogP contribution in [0.1, 0.15) is 19.3 Å². The van der Waals surface area contributed by atoms with Gasteiger partial charge in [-0.2, -0.15) is 9.61 Å². The Morgan fingerprint density at radius 2 is 1.83 bits per heavy atom. The zero-order valence-electron chi connectivity index (χ0n) is 16.5. The van der Waals surface area contributed by atoms with Gasteiger partial charge in [0.25, 0.3) is 0 Å². The molecule has 1 aliphatic rings. The van der Waals surface area contributed by atoms with Gasteiger partial charge in [0.2, 0.25) is 11.1 Å². The van der Waals surface area contributed by atoms with Crippen molar-refractivity contribution in [1.29, 1.82) is 0 Å². The van der Waals surface area contributed by atoms with Crippen molar-refractivity contribution in [3.05, 3.63) is 30.3 Å². The third-order valence-corrected chi connectivity index (χ3v) is 5.85. The van der Waals surface area contributed by atoms with Gasteiger partial charge in [-0.15, -0.1) is 10.2 Å². The van der Waals surface area contributed by atoms with Crippen LogP contribution in [0.3, 0.4) is 0 Å². The van der Waals surface area contributed by atoms with Gasteiger partial charge in [-0.25, -0.2) is 0 Å². The lowest BCUT2D eigenvalue weighted by atomic mass is 10.1. The van der Waals surface area contributed by atoms with E-state index < -0.39 is 0 Å². The van der Waals surface area contributed by atoms with E-state index in [1.165, 1.54) is 18.2 Å². The van der Waals surface area contributed by atoms with Crippen LogP contribution in [-0.4, -0.2) is 63.7 Å². The van der Waals surface area contributed by atoms with E-state index >= 15 is 0 Å². The molecule has 0 spiro atoms. The molecule has 1 aromatic carbocycles. The van der Waals surface area contributed by atoms with E-state index in [1.807, 2.05) is 35.2 Å². The van der Waals surface area contributed by atoms with Crippen LogP contribution in [0.25, 0.3) is 16.9 Å². The van der Waals surface area contributed by atoms with Crippen LogP contribution in [0.15, 0.2) is 35.5 Å². The Morgan fingerprint density at radius 1 is 1.03 bits per heavy atom. The first kappa shape index (κ1) is 19.5. The number of aromatic nitrogens is 4. The second-order valence-electron chi connectivity index (χ2n) is 6.77. The highest BCUT2D eigenvalue weighted by molar-refractivity contribution is 7.99. The number of likely N-dealkylation sites (tertiary alicyclic amines) is 1. The first-order valence-corrected chi connectivity index (χ1v) is 10.5. The molecule has 1 fully saturated rings. The summed E-state index contributed by atoms with van der Waals surface area (Å²) >= 11 is 1.37. The number of benzene rings is 1. The van der Waals surface area contributed by atoms with Crippen LogP contribution >= 0.6 is 11.8 Å². The van der Waals surface area contributed by atoms with Crippen molar-refractivity contribution in [2.24, 2.45) is 0 Å². The summed E-state index contributed by atoms with van der Waals surface area (Å²) in [4.78, 5) is 14.4. The second kappa shape index (κ2) is 8.69. The summed E-state index contributed by atoms with van der Waals surface area (Å²) in [7, 11) is 3.21. The monoisotopic (exact) mass is 413 g/mol. The summed E-state index contributed by atoms with van der Waals surface area (Å²) in [6, 6.07) is 9.40. The summed E-state index contributed by atoms with van der Waals surface area (Å²) < 4.78 is 12.4. The van der Waals surface area contributed by atoms with E-state index in [2.05, 4.69) is 15.3 Å². The topological polar surface area (TPSA) is 81.9 Å². The summed E-state index contributed by atoms with van der Waals surface area (Å²) in [5.74, 6) is 1.78. The van der Waals surface area contributed by atoms with Crippen LogP contribution in [0.2, 0.25) is 0 Å². The van der Waals surface area contributed by atoms with Crippen molar-refractivity contribution in [2.45, 2.75) is 24.4 Å². The molecule has 0 aliphatic carbocycles. The number of carbonyl (C=O) groups is 1. The largest absolute Gasteiger partial charge is 0.493 e. The molecule has 3 aromatic rings. The van der Waals surface area contributed by atoms with Gasteiger partial charge in [0.15, 0.2) is 17.1 Å². The maximum atomic E-state index is 12.5. The number of rotatable bonds is 6. The highest BCUT2D eigenvalue weighted by Gasteiger charge is 2.18. The van der Waals surface area contributed by atoms with E-state index in [4.69, 9.17) is 9.47 Å².